The van der Waals surface area contributed by atoms with Crippen molar-refractivity contribution in [1.29, 1.82) is 0 Å². The Labute approximate surface area is 124 Å². The zero-order valence-electron chi connectivity index (χ0n) is 11.9. The number of hydrogen-bond donors (Lipinski definition) is 0. The molecule has 2 unspecified atom stereocenters. The van der Waals surface area contributed by atoms with E-state index >= 15 is 0 Å². The summed E-state index contributed by atoms with van der Waals surface area (Å²) in [7, 11) is 1.93. The monoisotopic (exact) mass is 323 g/mol. The average Bonchev–Trinajstić information content (AvgIpc) is 2.36. The molecule has 0 N–H and O–H groups in total. The Morgan fingerprint density at radius 1 is 1.16 bits per heavy atom. The summed E-state index contributed by atoms with van der Waals surface area (Å²) in [6.45, 7) is 4.08. The van der Waals surface area contributed by atoms with Crippen LogP contribution < -0.4 is 0 Å². The first-order chi connectivity index (χ1) is 8.99. The minimum atomic E-state index is 0.142. The van der Waals surface area contributed by atoms with E-state index in [2.05, 4.69) is 22.0 Å². The van der Waals surface area contributed by atoms with Gasteiger partial charge in [-0.05, 0) is 38.8 Å². The summed E-state index contributed by atoms with van der Waals surface area (Å²) < 4.78 is 0. The highest BCUT2D eigenvalue weighted by Crippen LogP contribution is 2.28. The molecule has 0 spiro atoms. The normalized spacial score (nSPS) is 23.2. The first-order valence-electron chi connectivity index (χ1n) is 6.98. The number of alkyl halides is 1. The van der Waals surface area contributed by atoms with Gasteiger partial charge in [-0.1, -0.05) is 46.0 Å². The lowest BCUT2D eigenvalue weighted by Crippen LogP contribution is -2.44. The highest BCUT2D eigenvalue weighted by Gasteiger charge is 2.29. The number of hydrogen-bond acceptors (Lipinski definition) is 1. The lowest BCUT2D eigenvalue weighted by molar-refractivity contribution is 0.0704. The van der Waals surface area contributed by atoms with E-state index in [9.17, 15) is 4.79 Å². The number of amides is 1. The zero-order chi connectivity index (χ0) is 14.0. The van der Waals surface area contributed by atoms with Gasteiger partial charge in [-0.3, -0.25) is 4.79 Å². The van der Waals surface area contributed by atoms with Crippen LogP contribution in [0, 0.1) is 13.8 Å². The van der Waals surface area contributed by atoms with Crippen molar-refractivity contribution >= 4 is 21.8 Å². The molecule has 1 aromatic carbocycles. The molecule has 1 aliphatic rings. The second kappa shape index (κ2) is 6.08. The molecule has 2 nitrogen and oxygen atoms in total. The van der Waals surface area contributed by atoms with Gasteiger partial charge in [0.25, 0.3) is 5.91 Å². The van der Waals surface area contributed by atoms with Gasteiger partial charge in [0, 0.05) is 23.5 Å². The van der Waals surface area contributed by atoms with Crippen molar-refractivity contribution in [3.05, 3.63) is 34.9 Å². The maximum absolute atomic E-state index is 12.6. The first-order valence-corrected chi connectivity index (χ1v) is 7.90. The maximum atomic E-state index is 12.6. The SMILES string of the molecule is Cc1cc(C)cc(C(=O)N(C)C2CCCCC2Br)c1. The smallest absolute Gasteiger partial charge is 0.253 e. The van der Waals surface area contributed by atoms with Crippen LogP contribution in [-0.4, -0.2) is 28.7 Å². The molecular weight excluding hydrogens is 302 g/mol. The summed E-state index contributed by atoms with van der Waals surface area (Å²) in [4.78, 5) is 15.0. The Morgan fingerprint density at radius 2 is 1.74 bits per heavy atom. The third kappa shape index (κ3) is 3.38. The van der Waals surface area contributed by atoms with Crippen molar-refractivity contribution in [2.75, 3.05) is 7.05 Å². The van der Waals surface area contributed by atoms with Crippen LogP contribution >= 0.6 is 15.9 Å². The van der Waals surface area contributed by atoms with Crippen LogP contribution in [0.4, 0.5) is 0 Å². The van der Waals surface area contributed by atoms with Crippen LogP contribution in [0.1, 0.15) is 47.2 Å². The zero-order valence-corrected chi connectivity index (χ0v) is 13.5. The molecular formula is C16H22BrNO. The Kier molecular flexibility index (Phi) is 4.67. The molecule has 2 atom stereocenters. The number of carbonyl (C=O) groups is 1. The molecule has 0 heterocycles. The van der Waals surface area contributed by atoms with Crippen molar-refractivity contribution in [1.82, 2.24) is 4.90 Å². The van der Waals surface area contributed by atoms with Crippen molar-refractivity contribution in [2.24, 2.45) is 0 Å². The van der Waals surface area contributed by atoms with E-state index in [1.165, 1.54) is 12.8 Å². The molecule has 0 aromatic heterocycles. The summed E-state index contributed by atoms with van der Waals surface area (Å²) in [5.74, 6) is 0.142. The Hall–Kier alpha value is -0.830. The first kappa shape index (κ1) is 14.6. The summed E-state index contributed by atoms with van der Waals surface area (Å²) >= 11 is 3.73. The molecule has 1 aliphatic carbocycles. The van der Waals surface area contributed by atoms with E-state index < -0.39 is 0 Å². The van der Waals surface area contributed by atoms with Gasteiger partial charge in [-0.2, -0.15) is 0 Å². The Morgan fingerprint density at radius 3 is 2.32 bits per heavy atom. The fourth-order valence-corrected chi connectivity index (χ4v) is 3.90. The van der Waals surface area contributed by atoms with Crippen molar-refractivity contribution < 1.29 is 4.79 Å². The molecule has 19 heavy (non-hydrogen) atoms. The Balaban J connectivity index is 2.18. The van der Waals surface area contributed by atoms with Crippen LogP contribution in [0.3, 0.4) is 0 Å². The third-order valence-corrected chi connectivity index (χ3v) is 5.00. The van der Waals surface area contributed by atoms with Crippen LogP contribution in [0.25, 0.3) is 0 Å². The van der Waals surface area contributed by atoms with Gasteiger partial charge >= 0.3 is 0 Å². The van der Waals surface area contributed by atoms with Gasteiger partial charge in [-0.15, -0.1) is 0 Å². The van der Waals surface area contributed by atoms with Crippen molar-refractivity contribution in [3.63, 3.8) is 0 Å². The predicted octanol–water partition coefficient (Wildman–Crippen LogP) is 4.08. The number of carbonyl (C=O) groups excluding carboxylic acids is 1. The minimum absolute atomic E-state index is 0.142. The number of nitrogens with zero attached hydrogens (tertiary/aromatic N) is 1. The minimum Gasteiger partial charge on any atom is -0.338 e. The van der Waals surface area contributed by atoms with Crippen molar-refractivity contribution in [2.45, 2.75) is 50.4 Å². The predicted molar refractivity (Wildman–Crippen MR) is 83.0 cm³/mol. The second-order valence-electron chi connectivity index (χ2n) is 5.66. The lowest BCUT2D eigenvalue weighted by Gasteiger charge is -2.35. The quantitative estimate of drug-likeness (QED) is 0.751. The van der Waals surface area contributed by atoms with Gasteiger partial charge in [0.15, 0.2) is 0 Å². The standard InChI is InChI=1S/C16H22BrNO/c1-11-8-12(2)10-13(9-11)16(19)18(3)15-7-5-4-6-14(15)17/h8-10,14-15H,4-7H2,1-3H3. The summed E-state index contributed by atoms with van der Waals surface area (Å²) in [5, 5.41) is 0. The second-order valence-corrected chi connectivity index (χ2v) is 6.84. The summed E-state index contributed by atoms with van der Waals surface area (Å²) in [6.07, 6.45) is 4.74. The van der Waals surface area contributed by atoms with Crippen LogP contribution in [0.2, 0.25) is 0 Å². The van der Waals surface area contributed by atoms with E-state index in [0.717, 1.165) is 29.5 Å². The number of rotatable bonds is 2. The molecule has 0 aliphatic heterocycles. The largest absolute Gasteiger partial charge is 0.338 e. The van der Waals surface area contributed by atoms with Gasteiger partial charge in [0.1, 0.15) is 0 Å². The molecule has 1 fully saturated rings. The molecule has 2 rings (SSSR count). The van der Waals surface area contributed by atoms with E-state index in [1.807, 2.05) is 37.9 Å². The van der Waals surface area contributed by atoms with E-state index in [1.54, 1.807) is 0 Å². The third-order valence-electron chi connectivity index (χ3n) is 3.93. The van der Waals surface area contributed by atoms with E-state index in [-0.39, 0.29) is 5.91 Å². The summed E-state index contributed by atoms with van der Waals surface area (Å²) in [5.41, 5.74) is 3.11. The average molecular weight is 324 g/mol. The summed E-state index contributed by atoms with van der Waals surface area (Å²) in [6, 6.07) is 6.39. The maximum Gasteiger partial charge on any atom is 0.253 e. The molecule has 104 valence electrons. The molecule has 1 aromatic rings. The lowest BCUT2D eigenvalue weighted by atomic mass is 9.93. The van der Waals surface area contributed by atoms with E-state index in [0.29, 0.717) is 10.9 Å². The highest BCUT2D eigenvalue weighted by molar-refractivity contribution is 9.09. The molecule has 1 saturated carbocycles. The Bertz CT molecular complexity index is 452. The molecule has 0 saturated heterocycles. The van der Waals surface area contributed by atoms with Gasteiger partial charge in [-0.25, -0.2) is 0 Å². The highest BCUT2D eigenvalue weighted by atomic mass is 79.9. The van der Waals surface area contributed by atoms with Crippen LogP contribution in [-0.2, 0) is 0 Å². The van der Waals surface area contributed by atoms with Crippen LogP contribution in [0.15, 0.2) is 18.2 Å². The number of halogens is 1. The van der Waals surface area contributed by atoms with E-state index in [4.69, 9.17) is 0 Å². The molecule has 0 bridgehead atoms. The van der Waals surface area contributed by atoms with Crippen molar-refractivity contribution in [3.8, 4) is 0 Å². The van der Waals surface area contributed by atoms with Gasteiger partial charge in [0.2, 0.25) is 0 Å². The number of aryl methyl sites for hydroxylation is 2. The molecule has 3 heteroatoms. The van der Waals surface area contributed by atoms with Gasteiger partial charge in [0.05, 0.1) is 0 Å². The fraction of sp³-hybridized carbons (Fsp3) is 0.562. The number of benzene rings is 1. The topological polar surface area (TPSA) is 20.3 Å². The van der Waals surface area contributed by atoms with Crippen LogP contribution in [0.5, 0.6) is 0 Å². The fourth-order valence-electron chi connectivity index (χ4n) is 2.95. The molecule has 0 radical (unpaired) electrons. The molecule has 1 amide bonds. The van der Waals surface area contributed by atoms with Gasteiger partial charge < -0.3 is 4.90 Å².